The van der Waals surface area contributed by atoms with E-state index in [0.717, 1.165) is 10.0 Å². The van der Waals surface area contributed by atoms with Gasteiger partial charge >= 0.3 is 5.97 Å². The number of carbonyl (C=O) groups is 3. The van der Waals surface area contributed by atoms with Crippen LogP contribution in [0.2, 0.25) is 0 Å². The van der Waals surface area contributed by atoms with Gasteiger partial charge in [0.05, 0.1) is 7.11 Å². The van der Waals surface area contributed by atoms with Crippen LogP contribution in [0.25, 0.3) is 21.9 Å². The molecule has 0 bridgehead atoms. The Morgan fingerprint density at radius 1 is 1.05 bits per heavy atom. The van der Waals surface area contributed by atoms with Crippen LogP contribution in [0.15, 0.2) is 70.0 Å². The lowest BCUT2D eigenvalue weighted by Crippen LogP contribution is -2.40. The molecule has 1 aliphatic heterocycles. The normalized spacial score (nSPS) is 14.2. The van der Waals surface area contributed by atoms with Gasteiger partial charge < -0.3 is 19.5 Å². The van der Waals surface area contributed by atoms with Gasteiger partial charge in [0.1, 0.15) is 5.69 Å². The van der Waals surface area contributed by atoms with Crippen LogP contribution in [0, 0.1) is 5.92 Å². The summed E-state index contributed by atoms with van der Waals surface area (Å²) in [6.07, 6.45) is 3.80. The average Bonchev–Trinajstić information content (AvgIpc) is 2.93. The molecule has 0 radical (unpaired) electrons. The fourth-order valence-corrected chi connectivity index (χ4v) is 5.09. The van der Waals surface area contributed by atoms with E-state index in [1.807, 2.05) is 42.5 Å². The molecule has 1 N–H and O–H groups in total. The minimum Gasteiger partial charge on any atom is -0.464 e. The summed E-state index contributed by atoms with van der Waals surface area (Å²) in [7, 11) is 2.81. The molecule has 2 heterocycles. The van der Waals surface area contributed by atoms with Crippen molar-refractivity contribution in [2.45, 2.75) is 19.4 Å². The summed E-state index contributed by atoms with van der Waals surface area (Å²) in [5.41, 5.74) is 1.42. The lowest BCUT2D eigenvalue weighted by atomic mass is 9.94. The lowest BCUT2D eigenvalue weighted by molar-refractivity contribution is -0.127. The number of fused-ring (bicyclic) bond motifs is 1. The molecule has 37 heavy (non-hydrogen) atoms. The Bertz CT molecular complexity index is 1420. The number of halogens is 1. The van der Waals surface area contributed by atoms with Crippen molar-refractivity contribution in [2.24, 2.45) is 5.92 Å². The molecule has 2 amide bonds. The second kappa shape index (κ2) is 11.6. The standard InChI is InChI=1S/C28H28BrN3O5/c1-30-23(33)10-11-24(34)31-14-12-18(13-15-31)17-32-26(28(36)37-2)25(19-6-4-3-5-7-19)22-16-20(29)8-9-21(22)27(32)35/h3-11,16,18H,12-15,17H2,1-2H3,(H,30,33). The lowest BCUT2D eigenvalue weighted by Gasteiger charge is -2.32. The highest BCUT2D eigenvalue weighted by molar-refractivity contribution is 9.10. The largest absolute Gasteiger partial charge is 0.464 e. The van der Waals surface area contributed by atoms with Gasteiger partial charge in [0.25, 0.3) is 5.56 Å². The third-order valence-corrected chi connectivity index (χ3v) is 7.16. The summed E-state index contributed by atoms with van der Waals surface area (Å²) in [6.45, 7) is 1.32. The molecule has 0 atom stereocenters. The number of hydrogen-bond acceptors (Lipinski definition) is 5. The van der Waals surface area contributed by atoms with Crippen molar-refractivity contribution in [1.82, 2.24) is 14.8 Å². The predicted molar refractivity (Wildman–Crippen MR) is 145 cm³/mol. The highest BCUT2D eigenvalue weighted by Crippen LogP contribution is 2.33. The molecule has 0 unspecified atom stereocenters. The van der Waals surface area contributed by atoms with Gasteiger partial charge in [-0.2, -0.15) is 0 Å². The maximum absolute atomic E-state index is 13.7. The topological polar surface area (TPSA) is 97.7 Å². The molecule has 4 rings (SSSR count). The van der Waals surface area contributed by atoms with Gasteiger partial charge in [0.15, 0.2) is 0 Å². The second-order valence-corrected chi connectivity index (χ2v) is 9.82. The maximum atomic E-state index is 13.7. The molecule has 0 spiro atoms. The highest BCUT2D eigenvalue weighted by atomic mass is 79.9. The van der Waals surface area contributed by atoms with Gasteiger partial charge in [-0.05, 0) is 47.9 Å². The third-order valence-electron chi connectivity index (χ3n) is 6.67. The van der Waals surface area contributed by atoms with Crippen molar-refractivity contribution < 1.29 is 19.1 Å². The Hall–Kier alpha value is -3.72. The fraction of sp³-hybridized carbons (Fsp3) is 0.286. The number of nitrogens with zero attached hydrogens (tertiary/aromatic N) is 2. The number of hydrogen-bond donors (Lipinski definition) is 1. The molecule has 1 fully saturated rings. The zero-order valence-electron chi connectivity index (χ0n) is 20.7. The van der Waals surface area contributed by atoms with E-state index >= 15 is 0 Å². The molecular weight excluding hydrogens is 538 g/mol. The number of esters is 1. The van der Waals surface area contributed by atoms with Crippen LogP contribution >= 0.6 is 15.9 Å². The Labute approximate surface area is 223 Å². The molecular formula is C28H28BrN3O5. The van der Waals surface area contributed by atoms with Gasteiger partial charge in [-0.25, -0.2) is 4.79 Å². The number of carbonyl (C=O) groups excluding carboxylic acids is 3. The van der Waals surface area contributed by atoms with Gasteiger partial charge in [-0.15, -0.1) is 0 Å². The maximum Gasteiger partial charge on any atom is 0.355 e. The Balaban J connectivity index is 1.72. The molecule has 1 aromatic heterocycles. The number of likely N-dealkylation sites (N-methyl/N-ethyl adjacent to an activating group) is 1. The Morgan fingerprint density at radius 2 is 1.76 bits per heavy atom. The molecule has 9 heteroatoms. The van der Waals surface area contributed by atoms with E-state index in [0.29, 0.717) is 48.8 Å². The van der Waals surface area contributed by atoms with Crippen LogP contribution in [0.3, 0.4) is 0 Å². The van der Waals surface area contributed by atoms with Crippen molar-refractivity contribution in [3.8, 4) is 11.1 Å². The Kier molecular flexibility index (Phi) is 8.23. The zero-order valence-corrected chi connectivity index (χ0v) is 22.3. The SMILES string of the molecule is CNC(=O)C=CC(=O)N1CCC(Cn2c(C(=O)OC)c(-c3ccccc3)c3cc(Br)ccc3c2=O)CC1. The average molecular weight is 566 g/mol. The molecule has 192 valence electrons. The minimum atomic E-state index is -0.579. The molecule has 8 nitrogen and oxygen atoms in total. The summed E-state index contributed by atoms with van der Waals surface area (Å²) in [5, 5.41) is 3.63. The van der Waals surface area contributed by atoms with E-state index in [1.54, 1.807) is 11.0 Å². The molecule has 3 aromatic rings. The summed E-state index contributed by atoms with van der Waals surface area (Å²) in [4.78, 5) is 52.4. The smallest absolute Gasteiger partial charge is 0.355 e. The molecule has 0 aliphatic carbocycles. The van der Waals surface area contributed by atoms with E-state index in [2.05, 4.69) is 21.2 Å². The number of nitrogens with one attached hydrogen (secondary N) is 1. The number of pyridine rings is 1. The molecule has 1 saturated heterocycles. The van der Waals surface area contributed by atoms with Gasteiger partial charge in [0.2, 0.25) is 11.8 Å². The van der Waals surface area contributed by atoms with E-state index in [-0.39, 0.29) is 29.0 Å². The van der Waals surface area contributed by atoms with Crippen LogP contribution in [-0.2, 0) is 20.9 Å². The first-order chi connectivity index (χ1) is 17.8. The second-order valence-electron chi connectivity index (χ2n) is 8.90. The zero-order chi connectivity index (χ0) is 26.5. The summed E-state index contributed by atoms with van der Waals surface area (Å²) in [5.74, 6) is -1.07. The number of piperidine rings is 1. The monoisotopic (exact) mass is 565 g/mol. The van der Waals surface area contributed by atoms with E-state index in [9.17, 15) is 19.2 Å². The number of methoxy groups -OCH3 is 1. The number of likely N-dealkylation sites (tertiary alicyclic amines) is 1. The van der Waals surface area contributed by atoms with Gasteiger partial charge in [-0.3, -0.25) is 14.4 Å². The third kappa shape index (κ3) is 5.67. The summed E-state index contributed by atoms with van der Waals surface area (Å²) >= 11 is 3.50. The highest BCUT2D eigenvalue weighted by Gasteiger charge is 2.28. The molecule has 0 saturated carbocycles. The fourth-order valence-electron chi connectivity index (χ4n) is 4.73. The molecule has 1 aliphatic rings. The number of aromatic nitrogens is 1. The van der Waals surface area contributed by atoms with E-state index in [4.69, 9.17) is 4.74 Å². The van der Waals surface area contributed by atoms with Crippen molar-refractivity contribution >= 4 is 44.5 Å². The van der Waals surface area contributed by atoms with Crippen molar-refractivity contribution in [1.29, 1.82) is 0 Å². The van der Waals surface area contributed by atoms with Crippen molar-refractivity contribution in [2.75, 3.05) is 27.2 Å². The van der Waals surface area contributed by atoms with Gasteiger partial charge in [0, 0.05) is 54.3 Å². The quantitative estimate of drug-likeness (QED) is 0.362. The van der Waals surface area contributed by atoms with Crippen LogP contribution < -0.4 is 10.9 Å². The first-order valence-electron chi connectivity index (χ1n) is 12.0. The van der Waals surface area contributed by atoms with Crippen LogP contribution in [0.4, 0.5) is 0 Å². The minimum absolute atomic E-state index is 0.0737. The van der Waals surface area contributed by atoms with Crippen LogP contribution in [0.5, 0.6) is 0 Å². The number of ether oxygens (including phenoxy) is 1. The van der Waals surface area contributed by atoms with Gasteiger partial charge in [-0.1, -0.05) is 46.3 Å². The van der Waals surface area contributed by atoms with Crippen LogP contribution in [0.1, 0.15) is 23.3 Å². The predicted octanol–water partition coefficient (Wildman–Crippen LogP) is 3.76. The number of rotatable bonds is 6. The van der Waals surface area contributed by atoms with Crippen molar-refractivity contribution in [3.05, 3.63) is 81.2 Å². The molecule has 2 aromatic carbocycles. The first kappa shape index (κ1) is 26.3. The number of amides is 2. The summed E-state index contributed by atoms with van der Waals surface area (Å²) in [6, 6.07) is 14.9. The number of benzene rings is 2. The van der Waals surface area contributed by atoms with E-state index in [1.165, 1.54) is 30.9 Å². The first-order valence-corrected chi connectivity index (χ1v) is 12.8. The van der Waals surface area contributed by atoms with Crippen molar-refractivity contribution in [3.63, 3.8) is 0 Å². The Morgan fingerprint density at radius 3 is 2.41 bits per heavy atom. The summed E-state index contributed by atoms with van der Waals surface area (Å²) < 4.78 is 7.50. The van der Waals surface area contributed by atoms with E-state index < -0.39 is 5.97 Å². The van der Waals surface area contributed by atoms with Crippen LogP contribution in [-0.4, -0.2) is 54.5 Å².